The first-order valence-corrected chi connectivity index (χ1v) is 6.33. The van der Waals surface area contributed by atoms with E-state index in [2.05, 4.69) is 21.1 Å². The van der Waals surface area contributed by atoms with Crippen molar-refractivity contribution in [2.24, 2.45) is 5.92 Å². The van der Waals surface area contributed by atoms with Gasteiger partial charge in [0.05, 0.1) is 0 Å². The predicted molar refractivity (Wildman–Crippen MR) is 64.7 cm³/mol. The fourth-order valence-electron chi connectivity index (χ4n) is 1.77. The van der Waals surface area contributed by atoms with Gasteiger partial charge < -0.3 is 14.2 Å². The Morgan fingerprint density at radius 2 is 1.16 bits per heavy atom. The molecular formula is C13H10F9O3. The van der Waals surface area contributed by atoms with Crippen LogP contribution in [0, 0.1) is 12.8 Å². The average Bonchev–Trinajstić information content (AvgIpc) is 2.26. The summed E-state index contributed by atoms with van der Waals surface area (Å²) in [5.41, 5.74) is -0.758. The topological polar surface area (TPSA) is 27.7 Å². The van der Waals surface area contributed by atoms with E-state index in [9.17, 15) is 39.5 Å². The van der Waals surface area contributed by atoms with Crippen molar-refractivity contribution in [1.29, 1.82) is 0 Å². The van der Waals surface area contributed by atoms with Crippen LogP contribution in [-0.2, 0) is 6.42 Å². The fraction of sp³-hybridized carbons (Fsp3) is 0.462. The third-order valence-corrected chi connectivity index (χ3v) is 2.38. The minimum atomic E-state index is -5.37. The van der Waals surface area contributed by atoms with Gasteiger partial charge in [-0.15, -0.1) is 39.5 Å². The minimum absolute atomic E-state index is 0.169. The molecule has 143 valence electrons. The Morgan fingerprint density at radius 3 is 1.44 bits per heavy atom. The smallest absolute Gasteiger partial charge is 0.406 e. The van der Waals surface area contributed by atoms with Crippen molar-refractivity contribution < 1.29 is 53.7 Å². The molecule has 0 aliphatic heterocycles. The van der Waals surface area contributed by atoms with Crippen molar-refractivity contribution in [3.63, 3.8) is 0 Å². The van der Waals surface area contributed by atoms with E-state index in [0.717, 1.165) is 0 Å². The molecule has 3 nitrogen and oxygen atoms in total. The zero-order chi connectivity index (χ0) is 19.6. The minimum Gasteiger partial charge on any atom is -0.406 e. The van der Waals surface area contributed by atoms with Gasteiger partial charge in [-0.1, -0.05) is 13.8 Å². The molecule has 0 saturated heterocycles. The Kier molecular flexibility index (Phi) is 5.96. The van der Waals surface area contributed by atoms with Crippen molar-refractivity contribution in [2.75, 3.05) is 0 Å². The number of ether oxygens (including phenoxy) is 3. The highest BCUT2D eigenvalue weighted by Gasteiger charge is 2.38. The Morgan fingerprint density at radius 1 is 0.800 bits per heavy atom. The number of hydrogen-bond donors (Lipinski definition) is 0. The SMILES string of the molecule is [CH2]C(C)Cc1c(OC(F)(F)F)cc(OC(F)(F)F)cc1OC(F)(F)F. The summed E-state index contributed by atoms with van der Waals surface area (Å²) < 4.78 is 122. The molecule has 0 spiro atoms. The number of halogens is 9. The summed E-state index contributed by atoms with van der Waals surface area (Å²) in [6, 6.07) is 0.337. The maximum Gasteiger partial charge on any atom is 0.573 e. The summed E-state index contributed by atoms with van der Waals surface area (Å²) in [6.07, 6.45) is -16.6. The molecule has 0 heterocycles. The first-order chi connectivity index (χ1) is 11.1. The van der Waals surface area contributed by atoms with Crippen molar-refractivity contribution in [3.05, 3.63) is 24.6 Å². The van der Waals surface area contributed by atoms with E-state index in [1.165, 1.54) is 6.92 Å². The van der Waals surface area contributed by atoms with Crippen LogP contribution in [0.25, 0.3) is 0 Å². The third kappa shape index (κ3) is 8.07. The summed E-state index contributed by atoms with van der Waals surface area (Å²) in [5.74, 6) is -4.71. The first-order valence-electron chi connectivity index (χ1n) is 6.33. The van der Waals surface area contributed by atoms with Crippen LogP contribution in [0.1, 0.15) is 12.5 Å². The van der Waals surface area contributed by atoms with Crippen LogP contribution in [0.3, 0.4) is 0 Å². The maximum atomic E-state index is 12.4. The fourth-order valence-corrected chi connectivity index (χ4v) is 1.77. The van der Waals surface area contributed by atoms with E-state index in [4.69, 9.17) is 0 Å². The van der Waals surface area contributed by atoms with Crippen LogP contribution in [0.5, 0.6) is 17.2 Å². The van der Waals surface area contributed by atoms with Crippen molar-refractivity contribution in [3.8, 4) is 17.2 Å². The van der Waals surface area contributed by atoms with Crippen molar-refractivity contribution in [1.82, 2.24) is 0 Å². The molecule has 1 atom stereocenters. The summed E-state index contributed by atoms with van der Waals surface area (Å²) in [4.78, 5) is 0. The van der Waals surface area contributed by atoms with Crippen molar-refractivity contribution in [2.45, 2.75) is 32.4 Å². The second kappa shape index (κ2) is 7.08. The molecule has 0 aliphatic carbocycles. The molecular weight excluding hydrogens is 375 g/mol. The molecule has 12 heteroatoms. The van der Waals surface area contributed by atoms with Crippen LogP contribution >= 0.6 is 0 Å². The highest BCUT2D eigenvalue weighted by atomic mass is 19.4. The standard InChI is InChI=1S/C13H10F9O3/c1-6(2)3-8-9(24-12(17,18)19)4-7(23-11(14,15)16)5-10(8)25-13(20,21)22/h4-6H,1,3H2,2H3. The molecule has 1 aromatic carbocycles. The van der Waals surface area contributed by atoms with Crippen LogP contribution in [-0.4, -0.2) is 19.1 Å². The second-order valence-electron chi connectivity index (χ2n) is 4.85. The highest BCUT2D eigenvalue weighted by Crippen LogP contribution is 2.41. The lowest BCUT2D eigenvalue weighted by Crippen LogP contribution is -2.22. The Hall–Kier alpha value is -2.01. The zero-order valence-electron chi connectivity index (χ0n) is 12.3. The Balaban J connectivity index is 3.50. The molecule has 0 amide bonds. The Labute approximate surface area is 135 Å². The molecule has 0 saturated carbocycles. The summed E-state index contributed by atoms with van der Waals surface area (Å²) >= 11 is 0. The molecule has 0 aromatic heterocycles. The van der Waals surface area contributed by atoms with Gasteiger partial charge in [-0.05, 0) is 12.3 Å². The van der Waals surface area contributed by atoms with Gasteiger partial charge in [0.1, 0.15) is 17.2 Å². The normalized spacial score (nSPS) is 13.1. The van der Waals surface area contributed by atoms with Crippen LogP contribution < -0.4 is 14.2 Å². The van der Waals surface area contributed by atoms with E-state index in [1.807, 2.05) is 0 Å². The van der Waals surface area contributed by atoms with Gasteiger partial charge in [-0.3, -0.25) is 0 Å². The van der Waals surface area contributed by atoms with E-state index in [0.29, 0.717) is 0 Å². The molecule has 0 fully saturated rings. The van der Waals surface area contributed by atoms with Crippen LogP contribution in [0.2, 0.25) is 0 Å². The van der Waals surface area contributed by atoms with Crippen molar-refractivity contribution >= 4 is 0 Å². The van der Waals surface area contributed by atoms with Gasteiger partial charge in [0.15, 0.2) is 0 Å². The quantitative estimate of drug-likeness (QED) is 0.636. The Bertz CT molecular complexity index is 551. The van der Waals surface area contributed by atoms with Gasteiger partial charge in [0.25, 0.3) is 0 Å². The molecule has 1 radical (unpaired) electrons. The van der Waals surface area contributed by atoms with Gasteiger partial charge in [-0.25, -0.2) is 0 Å². The lowest BCUT2D eigenvalue weighted by Gasteiger charge is -2.21. The number of benzene rings is 1. The van der Waals surface area contributed by atoms with Crippen LogP contribution in [0.15, 0.2) is 12.1 Å². The van der Waals surface area contributed by atoms with Gasteiger partial charge >= 0.3 is 19.1 Å². The van der Waals surface area contributed by atoms with Gasteiger partial charge in [-0.2, -0.15) is 0 Å². The largest absolute Gasteiger partial charge is 0.573 e. The summed E-state index contributed by atoms with van der Waals surface area (Å²) in [6.45, 7) is 4.76. The summed E-state index contributed by atoms with van der Waals surface area (Å²) in [7, 11) is 0. The van der Waals surface area contributed by atoms with Crippen LogP contribution in [0.4, 0.5) is 39.5 Å². The van der Waals surface area contributed by atoms with Gasteiger partial charge in [0.2, 0.25) is 0 Å². The third-order valence-electron chi connectivity index (χ3n) is 2.38. The average molecular weight is 385 g/mol. The first kappa shape index (κ1) is 21.0. The molecule has 1 unspecified atom stereocenters. The molecule has 0 aliphatic rings. The molecule has 25 heavy (non-hydrogen) atoms. The predicted octanol–water partition coefficient (Wildman–Crippen LogP) is 5.40. The maximum absolute atomic E-state index is 12.4. The molecule has 1 rings (SSSR count). The van der Waals surface area contributed by atoms with E-state index < -0.39 is 54.2 Å². The van der Waals surface area contributed by atoms with E-state index in [-0.39, 0.29) is 12.1 Å². The lowest BCUT2D eigenvalue weighted by atomic mass is 10.0. The molecule has 0 bridgehead atoms. The number of alkyl halides is 9. The summed E-state index contributed by atoms with van der Waals surface area (Å²) in [5, 5.41) is 0. The number of rotatable bonds is 5. The lowest BCUT2D eigenvalue weighted by molar-refractivity contribution is -0.278. The van der Waals surface area contributed by atoms with E-state index >= 15 is 0 Å². The zero-order valence-corrected chi connectivity index (χ0v) is 12.3. The van der Waals surface area contributed by atoms with Gasteiger partial charge in [0, 0.05) is 17.7 Å². The number of hydrogen-bond acceptors (Lipinski definition) is 3. The monoisotopic (exact) mass is 385 g/mol. The highest BCUT2D eigenvalue weighted by molar-refractivity contribution is 5.51. The molecule has 0 N–H and O–H groups in total. The van der Waals surface area contributed by atoms with E-state index in [1.54, 1.807) is 0 Å². The molecule has 1 aromatic rings. The second-order valence-corrected chi connectivity index (χ2v) is 4.85.